The van der Waals surface area contributed by atoms with Crippen LogP contribution >= 0.6 is 0 Å². The van der Waals surface area contributed by atoms with E-state index in [9.17, 15) is 23.2 Å². The van der Waals surface area contributed by atoms with E-state index in [2.05, 4.69) is 5.32 Å². The fraction of sp³-hybridized carbons (Fsp3) is 0.375. The standard InChI is InChI=1S/C24H24F2N2O5/c1-2-28(12-20(29)30)22(31)21-19(24(21,25)26)11-27-23(32)33-13-18-16-9-5-3-7-14(16)15-8-4-6-10-17(15)18/h3-10,18-19,21H,2,11-13H2,1H3,(H,27,32)(H,29,30). The van der Waals surface area contributed by atoms with Crippen LogP contribution in [0, 0.1) is 11.8 Å². The minimum atomic E-state index is -3.31. The highest BCUT2D eigenvalue weighted by atomic mass is 19.3. The molecule has 0 saturated heterocycles. The predicted molar refractivity (Wildman–Crippen MR) is 115 cm³/mol. The third-order valence-corrected chi connectivity index (χ3v) is 6.30. The second-order valence-corrected chi connectivity index (χ2v) is 8.21. The summed E-state index contributed by atoms with van der Waals surface area (Å²) in [7, 11) is 0. The third kappa shape index (κ3) is 4.27. The van der Waals surface area contributed by atoms with Gasteiger partial charge in [0.1, 0.15) is 19.1 Å². The first-order valence-electron chi connectivity index (χ1n) is 10.7. The molecule has 7 nitrogen and oxygen atoms in total. The van der Waals surface area contributed by atoms with Crippen LogP contribution in [0.1, 0.15) is 24.0 Å². The van der Waals surface area contributed by atoms with Gasteiger partial charge in [-0.25, -0.2) is 13.6 Å². The van der Waals surface area contributed by atoms with Crippen molar-refractivity contribution in [2.24, 2.45) is 11.8 Å². The van der Waals surface area contributed by atoms with Crippen molar-refractivity contribution in [1.29, 1.82) is 0 Å². The van der Waals surface area contributed by atoms with Crippen molar-refractivity contribution in [3.8, 4) is 11.1 Å². The molecule has 2 aromatic carbocycles. The molecule has 0 spiro atoms. The zero-order valence-corrected chi connectivity index (χ0v) is 18.0. The molecule has 0 radical (unpaired) electrons. The van der Waals surface area contributed by atoms with E-state index in [-0.39, 0.29) is 19.1 Å². The summed E-state index contributed by atoms with van der Waals surface area (Å²) in [5, 5.41) is 11.2. The van der Waals surface area contributed by atoms with Crippen molar-refractivity contribution in [1.82, 2.24) is 10.2 Å². The van der Waals surface area contributed by atoms with Crippen molar-refractivity contribution in [3.05, 3.63) is 59.7 Å². The minimum Gasteiger partial charge on any atom is -0.480 e. The summed E-state index contributed by atoms with van der Waals surface area (Å²) in [6, 6.07) is 15.7. The number of carboxylic acids is 1. The second-order valence-electron chi connectivity index (χ2n) is 8.21. The van der Waals surface area contributed by atoms with Crippen molar-refractivity contribution in [2.75, 3.05) is 26.2 Å². The van der Waals surface area contributed by atoms with Crippen molar-refractivity contribution < 1.29 is 33.0 Å². The quantitative estimate of drug-likeness (QED) is 0.633. The normalized spacial score (nSPS) is 19.8. The number of nitrogens with one attached hydrogen (secondary N) is 1. The maximum atomic E-state index is 14.2. The molecule has 2 amide bonds. The summed E-state index contributed by atoms with van der Waals surface area (Å²) in [5.74, 6) is -8.71. The Morgan fingerprint density at radius 2 is 1.64 bits per heavy atom. The van der Waals surface area contributed by atoms with Crippen molar-refractivity contribution in [2.45, 2.75) is 18.8 Å². The van der Waals surface area contributed by atoms with Crippen LogP contribution in [0.15, 0.2) is 48.5 Å². The fourth-order valence-electron chi connectivity index (χ4n) is 4.53. The van der Waals surface area contributed by atoms with Crippen LogP contribution in [0.4, 0.5) is 13.6 Å². The van der Waals surface area contributed by atoms with Crippen molar-refractivity contribution >= 4 is 18.0 Å². The molecule has 0 aliphatic heterocycles. The molecule has 2 aliphatic rings. The van der Waals surface area contributed by atoms with Crippen LogP contribution in [0.3, 0.4) is 0 Å². The first-order valence-corrected chi connectivity index (χ1v) is 10.7. The average Bonchev–Trinajstić information content (AvgIpc) is 3.20. The van der Waals surface area contributed by atoms with Gasteiger partial charge < -0.3 is 20.1 Å². The Morgan fingerprint density at radius 1 is 1.06 bits per heavy atom. The van der Waals surface area contributed by atoms with E-state index in [0.717, 1.165) is 27.2 Å². The van der Waals surface area contributed by atoms with Crippen molar-refractivity contribution in [3.63, 3.8) is 0 Å². The summed E-state index contributed by atoms with van der Waals surface area (Å²) in [4.78, 5) is 36.3. The molecule has 1 fully saturated rings. The minimum absolute atomic E-state index is 0.00421. The Bertz CT molecular complexity index is 1040. The van der Waals surface area contributed by atoms with Crippen LogP contribution in [0.5, 0.6) is 0 Å². The molecule has 33 heavy (non-hydrogen) atoms. The highest BCUT2D eigenvalue weighted by Gasteiger charge is 2.72. The highest BCUT2D eigenvalue weighted by Crippen LogP contribution is 2.55. The number of carboxylic acid groups (broad SMARTS) is 1. The van der Waals surface area contributed by atoms with E-state index in [1.54, 1.807) is 0 Å². The van der Waals surface area contributed by atoms with Gasteiger partial charge in [-0.1, -0.05) is 48.5 Å². The van der Waals surface area contributed by atoms with Gasteiger partial charge >= 0.3 is 12.1 Å². The van der Waals surface area contributed by atoms with Crippen LogP contribution < -0.4 is 5.32 Å². The van der Waals surface area contributed by atoms with Crippen LogP contribution in [-0.2, 0) is 14.3 Å². The molecule has 174 valence electrons. The lowest BCUT2D eigenvalue weighted by Gasteiger charge is -2.18. The average molecular weight is 458 g/mol. The fourth-order valence-corrected chi connectivity index (χ4v) is 4.53. The monoisotopic (exact) mass is 458 g/mol. The van der Waals surface area contributed by atoms with Gasteiger partial charge in [-0.2, -0.15) is 0 Å². The number of hydrogen-bond acceptors (Lipinski definition) is 4. The topological polar surface area (TPSA) is 95.9 Å². The van der Waals surface area contributed by atoms with E-state index in [1.165, 1.54) is 6.92 Å². The van der Waals surface area contributed by atoms with Gasteiger partial charge in [-0.05, 0) is 29.2 Å². The van der Waals surface area contributed by atoms with E-state index < -0.39 is 48.8 Å². The van der Waals surface area contributed by atoms with Gasteiger partial charge in [0.2, 0.25) is 5.91 Å². The summed E-state index contributed by atoms with van der Waals surface area (Å²) < 4.78 is 33.7. The molecule has 2 aliphatic carbocycles. The van der Waals surface area contributed by atoms with Gasteiger partial charge in [-0.15, -0.1) is 0 Å². The Hall–Kier alpha value is -3.49. The molecule has 4 rings (SSSR count). The van der Waals surface area contributed by atoms with Crippen LogP contribution in [-0.4, -0.2) is 60.1 Å². The number of nitrogens with zero attached hydrogens (tertiary/aromatic N) is 1. The largest absolute Gasteiger partial charge is 0.480 e. The molecule has 2 aromatic rings. The molecule has 0 aromatic heterocycles. The zero-order chi connectivity index (χ0) is 23.8. The summed E-state index contributed by atoms with van der Waals surface area (Å²) >= 11 is 0. The predicted octanol–water partition coefficient (Wildman–Crippen LogP) is 3.34. The summed E-state index contributed by atoms with van der Waals surface area (Å²) in [6.07, 6.45) is -0.844. The Kier molecular flexibility index (Phi) is 6.05. The first-order chi connectivity index (χ1) is 15.8. The zero-order valence-electron chi connectivity index (χ0n) is 18.0. The SMILES string of the molecule is CCN(CC(=O)O)C(=O)C1C(CNC(=O)OCC2c3ccccc3-c3ccccc32)C1(F)F. The lowest BCUT2D eigenvalue weighted by atomic mass is 9.98. The number of rotatable bonds is 8. The summed E-state index contributed by atoms with van der Waals surface area (Å²) in [6.45, 7) is 0.486. The number of ether oxygens (including phenoxy) is 1. The van der Waals surface area contributed by atoms with E-state index in [4.69, 9.17) is 9.84 Å². The molecule has 2 N–H and O–H groups in total. The summed E-state index contributed by atoms with van der Waals surface area (Å²) in [5.41, 5.74) is 4.21. The lowest BCUT2D eigenvalue weighted by Crippen LogP contribution is -2.38. The van der Waals surface area contributed by atoms with Gasteiger partial charge in [-0.3, -0.25) is 9.59 Å². The Morgan fingerprint density at radius 3 is 2.18 bits per heavy atom. The molecular weight excluding hydrogens is 434 g/mol. The van der Waals surface area contributed by atoms with E-state index in [0.29, 0.717) is 0 Å². The molecule has 1 saturated carbocycles. The number of benzene rings is 2. The van der Waals surface area contributed by atoms with Gasteiger partial charge in [0.25, 0.3) is 5.92 Å². The number of carbonyl (C=O) groups excluding carboxylic acids is 2. The number of hydrogen-bond donors (Lipinski definition) is 2. The van der Waals surface area contributed by atoms with E-state index >= 15 is 0 Å². The number of carbonyl (C=O) groups is 3. The molecule has 2 atom stereocenters. The number of alkyl carbamates (subject to hydrolysis) is 1. The Labute approximate surface area is 189 Å². The Balaban J connectivity index is 1.33. The number of aliphatic carboxylic acids is 1. The van der Waals surface area contributed by atoms with Crippen LogP contribution in [0.25, 0.3) is 11.1 Å². The highest BCUT2D eigenvalue weighted by molar-refractivity contribution is 5.87. The van der Waals surface area contributed by atoms with Gasteiger partial charge in [0, 0.05) is 19.0 Å². The molecular formula is C24H24F2N2O5. The molecule has 9 heteroatoms. The number of alkyl halides is 2. The molecule has 0 heterocycles. The third-order valence-electron chi connectivity index (χ3n) is 6.30. The number of likely N-dealkylation sites (N-methyl/N-ethyl adjacent to an activating group) is 1. The van der Waals surface area contributed by atoms with Gasteiger partial charge in [0.15, 0.2) is 0 Å². The second kappa shape index (κ2) is 8.80. The number of amides is 2. The molecule has 0 bridgehead atoms. The van der Waals surface area contributed by atoms with Gasteiger partial charge in [0.05, 0.1) is 5.92 Å². The maximum Gasteiger partial charge on any atom is 0.407 e. The van der Waals surface area contributed by atoms with Crippen LogP contribution in [0.2, 0.25) is 0 Å². The molecule has 2 unspecified atom stereocenters. The number of halogens is 2. The number of fused-ring (bicyclic) bond motifs is 3. The first kappa shape index (κ1) is 22.7. The van der Waals surface area contributed by atoms with E-state index in [1.807, 2.05) is 48.5 Å². The lowest BCUT2D eigenvalue weighted by molar-refractivity contribution is -0.145. The maximum absolute atomic E-state index is 14.2. The smallest absolute Gasteiger partial charge is 0.407 e.